The number of nitro groups is 1. The van der Waals surface area contributed by atoms with E-state index < -0.39 is 0 Å². The molecule has 0 aliphatic carbocycles. The van der Waals surface area contributed by atoms with E-state index in [9.17, 15) is 10.1 Å². The van der Waals surface area contributed by atoms with E-state index in [0.29, 0.717) is 12.0 Å². The van der Waals surface area contributed by atoms with Gasteiger partial charge in [-0.1, -0.05) is 26.8 Å². The van der Waals surface area contributed by atoms with E-state index in [-0.39, 0.29) is 10.6 Å². The quantitative estimate of drug-likeness (QED) is 0.580. The Morgan fingerprint density at radius 3 is 2.55 bits per heavy atom. The Morgan fingerprint density at radius 1 is 1.35 bits per heavy atom. The van der Waals surface area contributed by atoms with Crippen molar-refractivity contribution in [3.05, 3.63) is 39.4 Å². The van der Waals surface area contributed by atoms with Crippen LogP contribution in [0.4, 0.5) is 5.69 Å². The molecular formula is C16H26N2O2. The number of aryl methyl sites for hydroxylation is 1. The fourth-order valence-corrected chi connectivity index (χ4v) is 2.44. The van der Waals surface area contributed by atoms with E-state index in [1.54, 1.807) is 12.1 Å². The van der Waals surface area contributed by atoms with Gasteiger partial charge in [-0.25, -0.2) is 0 Å². The third-order valence-corrected chi connectivity index (χ3v) is 3.44. The fourth-order valence-electron chi connectivity index (χ4n) is 2.44. The van der Waals surface area contributed by atoms with Crippen molar-refractivity contribution < 1.29 is 4.92 Å². The van der Waals surface area contributed by atoms with Crippen molar-refractivity contribution in [1.82, 2.24) is 5.32 Å². The molecule has 0 heterocycles. The maximum Gasteiger partial charge on any atom is 0.269 e. The minimum atomic E-state index is -0.336. The molecule has 0 saturated heterocycles. The normalized spacial score (nSPS) is 12.7. The highest BCUT2D eigenvalue weighted by Crippen LogP contribution is 2.20. The lowest BCUT2D eigenvalue weighted by Gasteiger charge is -2.21. The number of non-ortho nitro benzene ring substituents is 1. The highest BCUT2D eigenvalue weighted by Gasteiger charge is 2.14. The maximum atomic E-state index is 10.8. The van der Waals surface area contributed by atoms with Gasteiger partial charge in [0, 0.05) is 18.2 Å². The van der Waals surface area contributed by atoms with Crippen LogP contribution in [-0.2, 0) is 6.42 Å². The summed E-state index contributed by atoms with van der Waals surface area (Å²) in [6.45, 7) is 9.58. The molecule has 1 N–H and O–H groups in total. The Kier molecular flexibility index (Phi) is 6.65. The third kappa shape index (κ3) is 5.29. The Morgan fingerprint density at radius 2 is 2.05 bits per heavy atom. The van der Waals surface area contributed by atoms with Crippen molar-refractivity contribution in [1.29, 1.82) is 0 Å². The van der Waals surface area contributed by atoms with Gasteiger partial charge in [0.05, 0.1) is 4.92 Å². The average Bonchev–Trinajstić information content (AvgIpc) is 2.37. The Bertz CT molecular complexity index is 444. The first kappa shape index (κ1) is 16.6. The van der Waals surface area contributed by atoms with Gasteiger partial charge in [0.2, 0.25) is 0 Å². The standard InChI is InChI=1S/C16H26N2O2/c1-5-8-17-15(9-12(2)3)11-14-6-7-16(18(19)20)10-13(14)4/h6-7,10,12,15,17H,5,8-9,11H2,1-4H3. The molecule has 0 aliphatic rings. The molecule has 0 aromatic heterocycles. The Labute approximate surface area is 121 Å². The highest BCUT2D eigenvalue weighted by atomic mass is 16.6. The topological polar surface area (TPSA) is 55.2 Å². The van der Waals surface area contributed by atoms with Crippen LogP contribution in [0.2, 0.25) is 0 Å². The second-order valence-corrected chi connectivity index (χ2v) is 5.85. The molecule has 0 aliphatic heterocycles. The number of hydrogen-bond acceptors (Lipinski definition) is 3. The summed E-state index contributed by atoms with van der Waals surface area (Å²) in [5.74, 6) is 0.641. The molecule has 0 spiro atoms. The molecule has 1 unspecified atom stereocenters. The van der Waals surface area contributed by atoms with Gasteiger partial charge in [-0.2, -0.15) is 0 Å². The Balaban J connectivity index is 2.79. The highest BCUT2D eigenvalue weighted by molar-refractivity contribution is 5.39. The van der Waals surface area contributed by atoms with Crippen molar-refractivity contribution >= 4 is 5.69 Å². The first-order valence-corrected chi connectivity index (χ1v) is 7.41. The lowest BCUT2D eigenvalue weighted by molar-refractivity contribution is -0.384. The first-order valence-electron chi connectivity index (χ1n) is 7.41. The molecule has 0 amide bonds. The SMILES string of the molecule is CCCNC(Cc1ccc([N+](=O)[O-])cc1C)CC(C)C. The molecule has 0 bridgehead atoms. The number of nitrogens with zero attached hydrogens (tertiary/aromatic N) is 1. The lowest BCUT2D eigenvalue weighted by atomic mass is 9.94. The summed E-state index contributed by atoms with van der Waals surface area (Å²) in [6, 6.07) is 5.61. The smallest absolute Gasteiger partial charge is 0.269 e. The number of nitrogens with one attached hydrogen (secondary N) is 1. The lowest BCUT2D eigenvalue weighted by Crippen LogP contribution is -2.33. The maximum absolute atomic E-state index is 10.8. The van der Waals surface area contributed by atoms with Crippen molar-refractivity contribution in [2.75, 3.05) is 6.54 Å². The van der Waals surface area contributed by atoms with Crippen molar-refractivity contribution in [3.8, 4) is 0 Å². The van der Waals surface area contributed by atoms with Crippen LogP contribution in [0.15, 0.2) is 18.2 Å². The molecule has 1 atom stereocenters. The van der Waals surface area contributed by atoms with Crippen LogP contribution >= 0.6 is 0 Å². The molecule has 0 saturated carbocycles. The molecule has 0 fully saturated rings. The van der Waals surface area contributed by atoms with Gasteiger partial charge in [-0.3, -0.25) is 10.1 Å². The summed E-state index contributed by atoms with van der Waals surface area (Å²) in [5, 5.41) is 14.3. The summed E-state index contributed by atoms with van der Waals surface area (Å²) in [6.07, 6.45) is 3.17. The summed E-state index contributed by atoms with van der Waals surface area (Å²) < 4.78 is 0. The van der Waals surface area contributed by atoms with Gasteiger partial charge >= 0.3 is 0 Å². The van der Waals surface area contributed by atoms with Crippen LogP contribution in [-0.4, -0.2) is 17.5 Å². The van der Waals surface area contributed by atoms with Crippen LogP contribution in [0.25, 0.3) is 0 Å². The molecule has 1 rings (SSSR count). The van der Waals surface area contributed by atoms with Crippen molar-refractivity contribution in [2.45, 2.75) is 53.0 Å². The molecule has 20 heavy (non-hydrogen) atoms. The van der Waals surface area contributed by atoms with Crippen LogP contribution in [0.3, 0.4) is 0 Å². The van der Waals surface area contributed by atoms with Crippen molar-refractivity contribution in [2.24, 2.45) is 5.92 Å². The van der Waals surface area contributed by atoms with Crippen molar-refractivity contribution in [3.63, 3.8) is 0 Å². The van der Waals surface area contributed by atoms with Gasteiger partial charge in [-0.05, 0) is 49.8 Å². The molecule has 1 aromatic carbocycles. The Hall–Kier alpha value is -1.42. The fraction of sp³-hybridized carbons (Fsp3) is 0.625. The number of rotatable bonds is 8. The number of benzene rings is 1. The zero-order chi connectivity index (χ0) is 15.1. The van der Waals surface area contributed by atoms with E-state index in [1.165, 1.54) is 5.56 Å². The van der Waals surface area contributed by atoms with E-state index in [1.807, 2.05) is 13.0 Å². The number of nitro benzene ring substituents is 1. The molecule has 0 radical (unpaired) electrons. The largest absolute Gasteiger partial charge is 0.314 e. The van der Waals surface area contributed by atoms with Gasteiger partial charge < -0.3 is 5.32 Å². The second kappa shape index (κ2) is 8.00. The average molecular weight is 278 g/mol. The summed E-state index contributed by atoms with van der Waals surface area (Å²) >= 11 is 0. The van der Waals surface area contributed by atoms with Gasteiger partial charge in [0.25, 0.3) is 5.69 Å². The summed E-state index contributed by atoms with van der Waals surface area (Å²) in [7, 11) is 0. The molecule has 4 heteroatoms. The second-order valence-electron chi connectivity index (χ2n) is 5.85. The summed E-state index contributed by atoms with van der Waals surface area (Å²) in [4.78, 5) is 10.4. The van der Waals surface area contributed by atoms with Crippen LogP contribution in [0.5, 0.6) is 0 Å². The minimum Gasteiger partial charge on any atom is -0.314 e. The minimum absolute atomic E-state index is 0.174. The van der Waals surface area contributed by atoms with E-state index in [4.69, 9.17) is 0 Å². The predicted octanol–water partition coefficient (Wildman–Crippen LogP) is 3.86. The third-order valence-electron chi connectivity index (χ3n) is 3.44. The monoisotopic (exact) mass is 278 g/mol. The van der Waals surface area contributed by atoms with Gasteiger partial charge in [0.1, 0.15) is 0 Å². The molecule has 112 valence electrons. The zero-order valence-electron chi connectivity index (χ0n) is 13.0. The van der Waals surface area contributed by atoms with E-state index in [2.05, 4.69) is 26.1 Å². The number of hydrogen-bond donors (Lipinski definition) is 1. The zero-order valence-corrected chi connectivity index (χ0v) is 13.0. The van der Waals surface area contributed by atoms with E-state index >= 15 is 0 Å². The predicted molar refractivity (Wildman–Crippen MR) is 83.1 cm³/mol. The molecule has 1 aromatic rings. The van der Waals surface area contributed by atoms with Crippen LogP contribution < -0.4 is 5.32 Å². The van der Waals surface area contributed by atoms with E-state index in [0.717, 1.165) is 31.4 Å². The van der Waals surface area contributed by atoms with Gasteiger partial charge in [0.15, 0.2) is 0 Å². The van der Waals surface area contributed by atoms with Crippen LogP contribution in [0.1, 0.15) is 44.7 Å². The van der Waals surface area contributed by atoms with Crippen LogP contribution in [0, 0.1) is 23.0 Å². The molecule has 4 nitrogen and oxygen atoms in total. The molecular weight excluding hydrogens is 252 g/mol. The first-order chi connectivity index (χ1) is 9.43. The van der Waals surface area contributed by atoms with Gasteiger partial charge in [-0.15, -0.1) is 0 Å². The summed E-state index contributed by atoms with van der Waals surface area (Å²) in [5.41, 5.74) is 2.38.